The molecule has 2 rings (SSSR count). The zero-order valence-corrected chi connectivity index (χ0v) is 14.6. The first kappa shape index (κ1) is 17.1. The largest absolute Gasteiger partial charge is 0.416 e. The Labute approximate surface area is 142 Å². The number of halogens is 2. The molecule has 1 aromatic carbocycles. The molecule has 22 heavy (non-hydrogen) atoms. The predicted octanol–water partition coefficient (Wildman–Crippen LogP) is 4.62. The van der Waals surface area contributed by atoms with Gasteiger partial charge in [-0.3, -0.25) is 4.79 Å². The Morgan fingerprint density at radius 1 is 1.27 bits per heavy atom. The van der Waals surface area contributed by atoms with Crippen LogP contribution < -0.4 is 5.32 Å². The van der Waals surface area contributed by atoms with E-state index in [4.69, 9.17) is 27.6 Å². The number of anilines is 1. The molecule has 0 aliphatic rings. The number of carbonyl (C=O) groups is 1. The Bertz CT molecular complexity index is 676. The number of thioether (sulfide) groups is 1. The molecule has 1 amide bonds. The Morgan fingerprint density at radius 3 is 2.59 bits per heavy atom. The quantitative estimate of drug-likeness (QED) is 0.788. The molecule has 8 heteroatoms. The summed E-state index contributed by atoms with van der Waals surface area (Å²) in [5.41, 5.74) is 0.511. The lowest BCUT2D eigenvalue weighted by Gasteiger charge is -2.11. The van der Waals surface area contributed by atoms with Crippen molar-refractivity contribution in [3.63, 3.8) is 0 Å². The highest BCUT2D eigenvalue weighted by molar-refractivity contribution is 8.00. The molecule has 0 radical (unpaired) electrons. The van der Waals surface area contributed by atoms with Crippen molar-refractivity contribution in [3.8, 4) is 0 Å². The number of carbonyl (C=O) groups excluding carboxylic acids is 1. The number of benzene rings is 1. The lowest BCUT2D eigenvalue weighted by atomic mass is 10.2. The monoisotopic (exact) mass is 359 g/mol. The molecule has 2 aromatic rings. The highest BCUT2D eigenvalue weighted by Gasteiger charge is 2.19. The minimum absolute atomic E-state index is 0.152. The summed E-state index contributed by atoms with van der Waals surface area (Å²) in [6.07, 6.45) is 0. The Balaban J connectivity index is 1.99. The van der Waals surface area contributed by atoms with Crippen LogP contribution in [0.3, 0.4) is 0 Å². The van der Waals surface area contributed by atoms with Gasteiger partial charge in [-0.15, -0.1) is 10.2 Å². The molecule has 0 bridgehead atoms. The van der Waals surface area contributed by atoms with Crippen LogP contribution >= 0.6 is 35.0 Å². The molecule has 1 N–H and O–H groups in total. The van der Waals surface area contributed by atoms with Gasteiger partial charge in [0.05, 0.1) is 16.0 Å². The molecule has 0 aliphatic carbocycles. The predicted molar refractivity (Wildman–Crippen MR) is 88.8 cm³/mol. The summed E-state index contributed by atoms with van der Waals surface area (Å²) in [6.45, 7) is 5.67. The number of rotatable bonds is 5. The lowest BCUT2D eigenvalue weighted by Crippen LogP contribution is -2.22. The molecule has 1 atom stereocenters. The van der Waals surface area contributed by atoms with Crippen molar-refractivity contribution in [2.75, 3.05) is 5.32 Å². The number of hydrogen-bond donors (Lipinski definition) is 1. The fraction of sp³-hybridized carbons (Fsp3) is 0.357. The molecule has 0 fully saturated rings. The van der Waals surface area contributed by atoms with E-state index in [0.717, 1.165) is 0 Å². The van der Waals surface area contributed by atoms with Crippen LogP contribution in [0.5, 0.6) is 0 Å². The van der Waals surface area contributed by atoms with Crippen LogP contribution in [-0.4, -0.2) is 21.4 Å². The summed E-state index contributed by atoms with van der Waals surface area (Å²) in [7, 11) is 0. The third kappa shape index (κ3) is 4.38. The van der Waals surface area contributed by atoms with Crippen molar-refractivity contribution >= 4 is 46.6 Å². The van der Waals surface area contributed by atoms with Gasteiger partial charge in [-0.25, -0.2) is 0 Å². The van der Waals surface area contributed by atoms with E-state index >= 15 is 0 Å². The summed E-state index contributed by atoms with van der Waals surface area (Å²) in [5, 5.41) is 11.5. The van der Waals surface area contributed by atoms with E-state index in [-0.39, 0.29) is 11.8 Å². The molecule has 0 saturated heterocycles. The van der Waals surface area contributed by atoms with Crippen molar-refractivity contribution in [3.05, 3.63) is 34.1 Å². The average Bonchev–Trinajstić information content (AvgIpc) is 2.90. The van der Waals surface area contributed by atoms with Gasteiger partial charge in [0.1, 0.15) is 0 Å². The fourth-order valence-corrected chi connectivity index (χ4v) is 2.68. The third-order valence-corrected chi connectivity index (χ3v) is 4.23. The zero-order chi connectivity index (χ0) is 16.3. The maximum Gasteiger partial charge on any atom is 0.277 e. The Morgan fingerprint density at radius 2 is 2.00 bits per heavy atom. The smallest absolute Gasteiger partial charge is 0.277 e. The van der Waals surface area contributed by atoms with Gasteiger partial charge in [0, 0.05) is 10.9 Å². The van der Waals surface area contributed by atoms with Crippen LogP contribution in [0.1, 0.15) is 32.6 Å². The van der Waals surface area contributed by atoms with Gasteiger partial charge in [-0.05, 0) is 25.1 Å². The van der Waals surface area contributed by atoms with Crippen molar-refractivity contribution in [2.45, 2.75) is 37.2 Å². The first-order chi connectivity index (χ1) is 10.4. The van der Waals surface area contributed by atoms with E-state index in [9.17, 15) is 4.79 Å². The molecule has 1 unspecified atom stereocenters. The summed E-state index contributed by atoms with van der Waals surface area (Å²) >= 11 is 13.0. The van der Waals surface area contributed by atoms with Crippen LogP contribution in [0, 0.1) is 0 Å². The minimum Gasteiger partial charge on any atom is -0.416 e. The number of nitrogens with one attached hydrogen (secondary N) is 1. The van der Waals surface area contributed by atoms with E-state index in [1.54, 1.807) is 25.1 Å². The second kappa shape index (κ2) is 7.35. The average molecular weight is 360 g/mol. The van der Waals surface area contributed by atoms with E-state index < -0.39 is 5.25 Å². The summed E-state index contributed by atoms with van der Waals surface area (Å²) < 4.78 is 5.47. The van der Waals surface area contributed by atoms with Crippen molar-refractivity contribution in [1.82, 2.24) is 10.2 Å². The molecule has 0 spiro atoms. The summed E-state index contributed by atoms with van der Waals surface area (Å²) in [6, 6.07) is 4.89. The first-order valence-corrected chi connectivity index (χ1v) is 8.26. The second-order valence-electron chi connectivity index (χ2n) is 4.93. The van der Waals surface area contributed by atoms with E-state index in [0.29, 0.717) is 26.8 Å². The molecular weight excluding hydrogens is 345 g/mol. The molecule has 5 nitrogen and oxygen atoms in total. The number of aromatic nitrogens is 2. The molecule has 1 aromatic heterocycles. The highest BCUT2D eigenvalue weighted by Crippen LogP contribution is 2.28. The second-order valence-corrected chi connectivity index (χ2v) is 7.07. The topological polar surface area (TPSA) is 68.0 Å². The van der Waals surface area contributed by atoms with Gasteiger partial charge in [-0.1, -0.05) is 48.8 Å². The molecule has 0 saturated carbocycles. The van der Waals surface area contributed by atoms with Crippen LogP contribution in [0.4, 0.5) is 5.69 Å². The summed E-state index contributed by atoms with van der Waals surface area (Å²) in [4.78, 5) is 12.2. The summed E-state index contributed by atoms with van der Waals surface area (Å²) in [5.74, 6) is 0.494. The van der Waals surface area contributed by atoms with Gasteiger partial charge in [-0.2, -0.15) is 0 Å². The molecule has 118 valence electrons. The molecule has 1 heterocycles. The molecule has 0 aliphatic heterocycles. The number of nitrogens with zero attached hydrogens (tertiary/aromatic N) is 2. The SMILES string of the molecule is CC(Sc1nnc(C(C)C)o1)C(=O)Nc1ccc(Cl)cc1Cl. The maximum absolute atomic E-state index is 12.2. The normalized spacial score (nSPS) is 12.5. The van der Waals surface area contributed by atoms with Crippen molar-refractivity contribution < 1.29 is 9.21 Å². The molecular formula is C14H15Cl2N3O2S. The van der Waals surface area contributed by atoms with Gasteiger partial charge < -0.3 is 9.73 Å². The van der Waals surface area contributed by atoms with Gasteiger partial charge in [0.25, 0.3) is 5.22 Å². The zero-order valence-electron chi connectivity index (χ0n) is 12.3. The number of hydrogen-bond acceptors (Lipinski definition) is 5. The van der Waals surface area contributed by atoms with Crippen LogP contribution in [-0.2, 0) is 4.79 Å². The standard InChI is InChI=1S/C14H15Cl2N3O2S/c1-7(2)13-18-19-14(21-13)22-8(3)12(20)17-11-5-4-9(15)6-10(11)16/h4-8H,1-3H3,(H,17,20). The van der Waals surface area contributed by atoms with Crippen LogP contribution in [0.2, 0.25) is 10.0 Å². The van der Waals surface area contributed by atoms with E-state index in [1.807, 2.05) is 13.8 Å². The van der Waals surface area contributed by atoms with Gasteiger partial charge >= 0.3 is 0 Å². The van der Waals surface area contributed by atoms with Crippen LogP contribution in [0.25, 0.3) is 0 Å². The number of amides is 1. The third-order valence-electron chi connectivity index (χ3n) is 2.75. The first-order valence-electron chi connectivity index (χ1n) is 6.62. The van der Waals surface area contributed by atoms with E-state index in [1.165, 1.54) is 11.8 Å². The van der Waals surface area contributed by atoms with Crippen LogP contribution in [0.15, 0.2) is 27.8 Å². The lowest BCUT2D eigenvalue weighted by molar-refractivity contribution is -0.115. The van der Waals surface area contributed by atoms with Crippen molar-refractivity contribution in [2.24, 2.45) is 0 Å². The highest BCUT2D eigenvalue weighted by atomic mass is 35.5. The van der Waals surface area contributed by atoms with Gasteiger partial charge in [0.15, 0.2) is 0 Å². The Kier molecular flexibility index (Phi) is 5.72. The van der Waals surface area contributed by atoms with E-state index in [2.05, 4.69) is 15.5 Å². The Hall–Kier alpha value is -1.24. The maximum atomic E-state index is 12.2. The minimum atomic E-state index is -0.410. The van der Waals surface area contributed by atoms with Crippen molar-refractivity contribution in [1.29, 1.82) is 0 Å². The fourth-order valence-electron chi connectivity index (χ4n) is 1.53. The van der Waals surface area contributed by atoms with Gasteiger partial charge in [0.2, 0.25) is 11.8 Å².